The normalized spacial score (nSPS) is 22.4. The fraction of sp³-hybridized carbons (Fsp3) is 0.360. The van der Waals surface area contributed by atoms with Gasteiger partial charge in [-0.2, -0.15) is 5.26 Å². The van der Waals surface area contributed by atoms with E-state index in [2.05, 4.69) is 0 Å². The molecule has 3 amide bonds. The Balaban J connectivity index is 1.52. The van der Waals surface area contributed by atoms with Crippen molar-refractivity contribution in [2.75, 3.05) is 24.5 Å². The molecule has 5 rings (SSSR count). The molecular weight excluding hydrogens is 459 g/mol. The summed E-state index contributed by atoms with van der Waals surface area (Å²) in [6.45, 7) is 0.286. The maximum absolute atomic E-state index is 14.9. The van der Waals surface area contributed by atoms with Crippen molar-refractivity contribution in [3.8, 4) is 6.07 Å². The molecule has 0 N–H and O–H groups in total. The van der Waals surface area contributed by atoms with Crippen LogP contribution in [0.5, 0.6) is 0 Å². The van der Waals surface area contributed by atoms with E-state index in [-0.39, 0.29) is 55.0 Å². The van der Waals surface area contributed by atoms with Crippen LogP contribution < -0.4 is 4.90 Å². The van der Waals surface area contributed by atoms with Crippen LogP contribution in [0, 0.1) is 23.1 Å². The van der Waals surface area contributed by atoms with Crippen molar-refractivity contribution in [3.63, 3.8) is 0 Å². The molecule has 2 saturated heterocycles. The van der Waals surface area contributed by atoms with E-state index in [0.717, 1.165) is 29.4 Å². The predicted molar refractivity (Wildman–Crippen MR) is 122 cm³/mol. The number of amides is 3. The van der Waals surface area contributed by atoms with Crippen LogP contribution in [0.2, 0.25) is 5.02 Å². The summed E-state index contributed by atoms with van der Waals surface area (Å²) in [5.41, 5.74) is -0.414. The smallest absolute Gasteiger partial charge is 0.255 e. The number of hydrogen-bond donors (Lipinski definition) is 0. The Hall–Kier alpha value is -3.44. The first-order valence-corrected chi connectivity index (χ1v) is 11.6. The quantitative estimate of drug-likeness (QED) is 0.673. The van der Waals surface area contributed by atoms with Crippen LogP contribution in [0.25, 0.3) is 0 Å². The highest BCUT2D eigenvalue weighted by Gasteiger charge is 2.57. The van der Waals surface area contributed by atoms with Gasteiger partial charge in [-0.3, -0.25) is 19.3 Å². The second-order valence-electron chi connectivity index (χ2n) is 9.09. The number of hydrogen-bond acceptors (Lipinski definition) is 4. The van der Waals surface area contributed by atoms with Gasteiger partial charge >= 0.3 is 0 Å². The van der Waals surface area contributed by atoms with Crippen molar-refractivity contribution in [2.45, 2.75) is 31.3 Å². The Morgan fingerprint density at radius 1 is 1.18 bits per heavy atom. The largest absolute Gasteiger partial charge is 0.339 e. The summed E-state index contributed by atoms with van der Waals surface area (Å²) in [5.74, 6) is -1.51. The first-order valence-electron chi connectivity index (χ1n) is 11.2. The van der Waals surface area contributed by atoms with Gasteiger partial charge in [-0.15, -0.1) is 0 Å². The van der Waals surface area contributed by atoms with Gasteiger partial charge in [0.05, 0.1) is 23.9 Å². The van der Waals surface area contributed by atoms with E-state index < -0.39 is 17.3 Å². The molecule has 0 bridgehead atoms. The molecule has 7 nitrogen and oxygen atoms in total. The van der Waals surface area contributed by atoms with Gasteiger partial charge in [0.2, 0.25) is 11.8 Å². The lowest BCUT2D eigenvalue weighted by molar-refractivity contribution is -0.151. The van der Waals surface area contributed by atoms with E-state index in [1.807, 2.05) is 6.07 Å². The molecule has 2 aromatic carbocycles. The molecule has 1 atom stereocenters. The fourth-order valence-electron chi connectivity index (χ4n) is 4.86. The van der Waals surface area contributed by atoms with Crippen LogP contribution in [-0.4, -0.2) is 52.7 Å². The number of carbonyl (C=O) groups is 3. The number of piperazine rings is 1. The number of halogens is 2. The van der Waals surface area contributed by atoms with Crippen molar-refractivity contribution in [1.29, 1.82) is 5.26 Å². The SMILES string of the molecule is N#Cc1ccc(N2CC(=O)N(Cc3ccc(Cl)cc3)[C@@]3(CCN(C(=O)C4CC4)C3)C2=O)c(F)c1. The standard InChI is InChI=1S/C25H22ClFN4O3/c26-19-6-1-16(2-7-19)13-31-22(32)14-30(21-8-3-17(12-28)11-20(21)27)24(34)25(31)9-10-29(15-25)23(33)18-4-5-18/h1-3,6-8,11,18H,4-5,9-10,13-15H2/t25-/m1/s1. The Morgan fingerprint density at radius 3 is 2.56 bits per heavy atom. The average Bonchev–Trinajstić information content (AvgIpc) is 3.59. The van der Waals surface area contributed by atoms with E-state index in [1.165, 1.54) is 17.0 Å². The van der Waals surface area contributed by atoms with Crippen LogP contribution in [0.4, 0.5) is 10.1 Å². The highest BCUT2D eigenvalue weighted by molar-refractivity contribution is 6.30. The Labute approximate surface area is 201 Å². The molecule has 0 radical (unpaired) electrons. The van der Waals surface area contributed by atoms with E-state index >= 15 is 0 Å². The lowest BCUT2D eigenvalue weighted by Gasteiger charge is -2.47. The van der Waals surface area contributed by atoms with Crippen molar-refractivity contribution in [2.24, 2.45) is 5.92 Å². The summed E-state index contributed by atoms with van der Waals surface area (Å²) >= 11 is 6.00. The molecule has 3 aliphatic rings. The summed E-state index contributed by atoms with van der Waals surface area (Å²) in [6, 6.07) is 12.7. The third-order valence-electron chi connectivity index (χ3n) is 6.86. The predicted octanol–water partition coefficient (Wildman–Crippen LogP) is 3.11. The minimum Gasteiger partial charge on any atom is -0.339 e. The number of rotatable bonds is 4. The molecule has 1 aliphatic carbocycles. The summed E-state index contributed by atoms with van der Waals surface area (Å²) < 4.78 is 14.9. The third-order valence-corrected chi connectivity index (χ3v) is 7.11. The van der Waals surface area contributed by atoms with E-state index in [1.54, 1.807) is 29.2 Å². The van der Waals surface area contributed by atoms with Crippen LogP contribution in [-0.2, 0) is 20.9 Å². The zero-order chi connectivity index (χ0) is 24.0. The molecule has 9 heteroatoms. The molecule has 174 valence electrons. The van der Waals surface area contributed by atoms with E-state index in [9.17, 15) is 18.8 Å². The van der Waals surface area contributed by atoms with E-state index in [4.69, 9.17) is 16.9 Å². The topological polar surface area (TPSA) is 84.7 Å². The molecule has 1 spiro atoms. The van der Waals surface area contributed by atoms with Crippen LogP contribution in [0.15, 0.2) is 42.5 Å². The number of nitrogens with zero attached hydrogens (tertiary/aromatic N) is 4. The monoisotopic (exact) mass is 480 g/mol. The van der Waals surface area contributed by atoms with Crippen LogP contribution >= 0.6 is 11.6 Å². The summed E-state index contributed by atoms with van der Waals surface area (Å²) in [7, 11) is 0. The van der Waals surface area contributed by atoms with Gasteiger partial charge in [0.25, 0.3) is 5.91 Å². The molecule has 34 heavy (non-hydrogen) atoms. The average molecular weight is 481 g/mol. The van der Waals surface area contributed by atoms with Crippen molar-refractivity contribution in [3.05, 3.63) is 64.4 Å². The Bertz CT molecular complexity index is 1220. The van der Waals surface area contributed by atoms with Gasteiger partial charge in [0, 0.05) is 24.0 Å². The summed E-state index contributed by atoms with van der Waals surface area (Å²) in [6.07, 6.45) is 1.95. The zero-order valence-electron chi connectivity index (χ0n) is 18.3. The highest BCUT2D eigenvalue weighted by atomic mass is 35.5. The fourth-order valence-corrected chi connectivity index (χ4v) is 4.99. The molecular formula is C25H22ClFN4O3. The first-order chi connectivity index (χ1) is 16.3. The van der Waals surface area contributed by atoms with Gasteiger partial charge in [0.15, 0.2) is 0 Å². The number of carbonyl (C=O) groups excluding carboxylic acids is 3. The lowest BCUT2D eigenvalue weighted by atomic mass is 9.89. The zero-order valence-corrected chi connectivity index (χ0v) is 19.1. The van der Waals surface area contributed by atoms with Gasteiger partial charge < -0.3 is 9.80 Å². The minimum atomic E-state index is -1.29. The highest BCUT2D eigenvalue weighted by Crippen LogP contribution is 2.40. The second kappa shape index (κ2) is 8.41. The van der Waals surface area contributed by atoms with Crippen molar-refractivity contribution >= 4 is 35.0 Å². The Morgan fingerprint density at radius 2 is 1.91 bits per heavy atom. The summed E-state index contributed by atoms with van der Waals surface area (Å²) in [5, 5.41) is 9.60. The second-order valence-corrected chi connectivity index (χ2v) is 9.53. The van der Waals surface area contributed by atoms with Gasteiger partial charge in [-0.1, -0.05) is 23.7 Å². The number of anilines is 1. The third kappa shape index (κ3) is 3.80. The minimum absolute atomic E-state index is 0.00486. The number of nitriles is 1. The maximum Gasteiger partial charge on any atom is 0.255 e. The maximum atomic E-state index is 14.9. The van der Waals surface area contributed by atoms with Gasteiger partial charge in [-0.25, -0.2) is 4.39 Å². The van der Waals surface area contributed by atoms with Crippen LogP contribution in [0.1, 0.15) is 30.4 Å². The molecule has 0 unspecified atom stereocenters. The molecule has 3 fully saturated rings. The Kier molecular flexibility index (Phi) is 5.53. The summed E-state index contributed by atoms with van der Waals surface area (Å²) in [4.78, 5) is 44.5. The molecule has 2 heterocycles. The van der Waals surface area contributed by atoms with Crippen molar-refractivity contribution in [1.82, 2.24) is 9.80 Å². The number of benzene rings is 2. The first kappa shape index (κ1) is 22.4. The van der Waals surface area contributed by atoms with Gasteiger partial charge in [0.1, 0.15) is 17.9 Å². The number of likely N-dealkylation sites (tertiary alicyclic amines) is 1. The van der Waals surface area contributed by atoms with Crippen LogP contribution in [0.3, 0.4) is 0 Å². The molecule has 2 aliphatic heterocycles. The van der Waals surface area contributed by atoms with Gasteiger partial charge in [-0.05, 0) is 55.2 Å². The lowest BCUT2D eigenvalue weighted by Crippen LogP contribution is -2.69. The van der Waals surface area contributed by atoms with Crippen molar-refractivity contribution < 1.29 is 18.8 Å². The van der Waals surface area contributed by atoms with E-state index in [0.29, 0.717) is 11.6 Å². The molecule has 1 saturated carbocycles. The molecule has 2 aromatic rings. The molecule has 0 aromatic heterocycles.